The highest BCUT2D eigenvalue weighted by Crippen LogP contribution is 2.13. The molecule has 0 aromatic heterocycles. The molecule has 3 heteroatoms. The number of nitrogens with zero attached hydrogens (tertiary/aromatic N) is 2. The van der Waals surface area contributed by atoms with E-state index >= 15 is 0 Å². The van der Waals surface area contributed by atoms with Gasteiger partial charge < -0.3 is 4.90 Å². The lowest BCUT2D eigenvalue weighted by molar-refractivity contribution is 0.0865. The van der Waals surface area contributed by atoms with E-state index in [1.54, 1.807) is 0 Å². The average molecular weight is 276 g/mol. The third-order valence-corrected chi connectivity index (χ3v) is 3.95. The molecule has 0 saturated heterocycles. The van der Waals surface area contributed by atoms with Crippen LogP contribution < -0.4 is 0 Å². The largest absolute Gasteiger partial charge is 0.309 e. The molecule has 112 valence electrons. The minimum absolute atomic E-state index is 0.0701. The predicted octanol–water partition coefficient (Wildman–Crippen LogP) is 2.76. The molecular formula is C17H28N2O. The van der Waals surface area contributed by atoms with E-state index < -0.39 is 0 Å². The molecule has 1 aromatic carbocycles. The smallest absolute Gasteiger partial charge is 0.179 e. The molecule has 0 N–H and O–H groups in total. The fourth-order valence-corrected chi connectivity index (χ4v) is 2.17. The maximum Gasteiger partial charge on any atom is 0.179 e. The highest BCUT2D eigenvalue weighted by atomic mass is 16.1. The highest BCUT2D eigenvalue weighted by Gasteiger charge is 2.19. The minimum Gasteiger partial charge on any atom is -0.309 e. The molecule has 3 nitrogen and oxygen atoms in total. The summed E-state index contributed by atoms with van der Waals surface area (Å²) in [7, 11) is 6.17. The van der Waals surface area contributed by atoms with Crippen molar-refractivity contribution in [2.75, 3.05) is 34.2 Å². The Morgan fingerprint density at radius 1 is 1.10 bits per heavy atom. The van der Waals surface area contributed by atoms with Gasteiger partial charge in [0.2, 0.25) is 0 Å². The van der Waals surface area contributed by atoms with Crippen LogP contribution in [0.3, 0.4) is 0 Å². The fourth-order valence-electron chi connectivity index (χ4n) is 2.17. The Morgan fingerprint density at radius 3 is 2.30 bits per heavy atom. The molecule has 0 fully saturated rings. The van der Waals surface area contributed by atoms with E-state index in [-0.39, 0.29) is 11.8 Å². The van der Waals surface area contributed by atoms with Crippen LogP contribution >= 0.6 is 0 Å². The van der Waals surface area contributed by atoms with Crippen molar-refractivity contribution in [3.05, 3.63) is 34.9 Å². The fraction of sp³-hybridized carbons (Fsp3) is 0.588. The van der Waals surface area contributed by atoms with Crippen LogP contribution in [0, 0.1) is 13.8 Å². The molecular weight excluding hydrogens is 248 g/mol. The van der Waals surface area contributed by atoms with E-state index in [0.29, 0.717) is 0 Å². The molecule has 0 saturated carbocycles. The molecule has 0 radical (unpaired) electrons. The maximum atomic E-state index is 12.5. The van der Waals surface area contributed by atoms with Crippen molar-refractivity contribution in [2.45, 2.75) is 33.2 Å². The molecule has 1 aromatic rings. The van der Waals surface area contributed by atoms with Crippen LogP contribution in [0.1, 0.15) is 34.8 Å². The summed E-state index contributed by atoms with van der Waals surface area (Å²) in [5.41, 5.74) is 3.23. The number of Topliss-reactive ketones (excluding diaryl/α,β-unsaturated/α-hetero) is 1. The molecule has 0 heterocycles. The molecule has 0 spiro atoms. The second-order valence-corrected chi connectivity index (χ2v) is 5.98. The van der Waals surface area contributed by atoms with E-state index in [0.717, 1.165) is 25.1 Å². The number of aryl methyl sites for hydroxylation is 2. The molecule has 0 aliphatic rings. The summed E-state index contributed by atoms with van der Waals surface area (Å²) in [6.07, 6.45) is 1.08. The molecule has 1 rings (SSSR count). The summed E-state index contributed by atoms with van der Waals surface area (Å²) >= 11 is 0. The zero-order valence-electron chi connectivity index (χ0n) is 13.7. The first-order valence-electron chi connectivity index (χ1n) is 7.29. The van der Waals surface area contributed by atoms with Crippen LogP contribution in [0.15, 0.2) is 18.2 Å². The normalized spacial score (nSPS) is 13.0. The number of benzene rings is 1. The predicted molar refractivity (Wildman–Crippen MR) is 85.5 cm³/mol. The highest BCUT2D eigenvalue weighted by molar-refractivity contribution is 6.00. The van der Waals surface area contributed by atoms with Gasteiger partial charge in [0.1, 0.15) is 0 Å². The Morgan fingerprint density at radius 2 is 1.75 bits per heavy atom. The topological polar surface area (TPSA) is 23.6 Å². The van der Waals surface area contributed by atoms with Crippen LogP contribution in [-0.4, -0.2) is 55.9 Å². The number of likely N-dealkylation sites (N-methyl/N-ethyl adjacent to an activating group) is 1. The molecule has 1 atom stereocenters. The van der Waals surface area contributed by atoms with Gasteiger partial charge >= 0.3 is 0 Å². The zero-order valence-corrected chi connectivity index (χ0v) is 13.7. The van der Waals surface area contributed by atoms with Gasteiger partial charge in [-0.2, -0.15) is 0 Å². The Labute approximate surface area is 123 Å². The van der Waals surface area contributed by atoms with Crippen LogP contribution in [-0.2, 0) is 0 Å². The monoisotopic (exact) mass is 276 g/mol. The quantitative estimate of drug-likeness (QED) is 0.716. The Hall–Kier alpha value is -1.19. The Bertz CT molecular complexity index is 454. The van der Waals surface area contributed by atoms with Crippen molar-refractivity contribution in [3.63, 3.8) is 0 Å². The van der Waals surface area contributed by atoms with E-state index in [1.165, 1.54) is 11.1 Å². The van der Waals surface area contributed by atoms with Crippen LogP contribution in [0.25, 0.3) is 0 Å². The van der Waals surface area contributed by atoms with Gasteiger partial charge in [-0.25, -0.2) is 0 Å². The first-order valence-corrected chi connectivity index (χ1v) is 7.29. The lowest BCUT2D eigenvalue weighted by Gasteiger charge is -2.24. The number of hydrogen-bond donors (Lipinski definition) is 0. The lowest BCUT2D eigenvalue weighted by atomic mass is 10.00. The van der Waals surface area contributed by atoms with Crippen LogP contribution in [0.5, 0.6) is 0 Å². The van der Waals surface area contributed by atoms with Gasteiger partial charge in [0.05, 0.1) is 6.04 Å². The van der Waals surface area contributed by atoms with Crippen molar-refractivity contribution >= 4 is 5.78 Å². The molecule has 0 amide bonds. The second-order valence-electron chi connectivity index (χ2n) is 5.98. The maximum absolute atomic E-state index is 12.5. The number of rotatable bonds is 7. The number of carbonyl (C=O) groups excluding carboxylic acids is 1. The summed E-state index contributed by atoms with van der Waals surface area (Å²) in [4.78, 5) is 16.8. The SMILES string of the molecule is Cc1ccc(C(=O)C(C)N(C)CCCN(C)C)cc1C. The molecule has 0 aliphatic heterocycles. The summed E-state index contributed by atoms with van der Waals surface area (Å²) in [5, 5.41) is 0. The summed E-state index contributed by atoms with van der Waals surface area (Å²) in [6, 6.07) is 5.90. The van der Waals surface area contributed by atoms with Crippen molar-refractivity contribution in [3.8, 4) is 0 Å². The first-order chi connectivity index (χ1) is 9.32. The van der Waals surface area contributed by atoms with E-state index in [4.69, 9.17) is 0 Å². The second kappa shape index (κ2) is 7.55. The van der Waals surface area contributed by atoms with E-state index in [2.05, 4.69) is 37.7 Å². The van der Waals surface area contributed by atoms with Crippen molar-refractivity contribution < 1.29 is 4.79 Å². The van der Waals surface area contributed by atoms with E-state index in [9.17, 15) is 4.79 Å². The minimum atomic E-state index is -0.0701. The Balaban J connectivity index is 2.63. The standard InChI is InChI=1S/C17H28N2O/c1-13-8-9-16(12-14(13)2)17(20)15(3)19(6)11-7-10-18(4)5/h8-9,12,15H,7,10-11H2,1-6H3. The van der Waals surface area contributed by atoms with Gasteiger partial charge in [-0.1, -0.05) is 12.1 Å². The number of carbonyl (C=O) groups is 1. The third kappa shape index (κ3) is 4.73. The lowest BCUT2D eigenvalue weighted by Crippen LogP contribution is -2.37. The van der Waals surface area contributed by atoms with Gasteiger partial charge in [-0.05, 0) is 78.6 Å². The van der Waals surface area contributed by atoms with Gasteiger partial charge in [0.15, 0.2) is 5.78 Å². The molecule has 0 aliphatic carbocycles. The first kappa shape index (κ1) is 16.9. The van der Waals surface area contributed by atoms with Crippen LogP contribution in [0.2, 0.25) is 0 Å². The summed E-state index contributed by atoms with van der Waals surface area (Å²) in [5.74, 6) is 0.209. The van der Waals surface area contributed by atoms with Crippen molar-refractivity contribution in [1.29, 1.82) is 0 Å². The molecule has 20 heavy (non-hydrogen) atoms. The van der Waals surface area contributed by atoms with Crippen LogP contribution in [0.4, 0.5) is 0 Å². The third-order valence-electron chi connectivity index (χ3n) is 3.95. The van der Waals surface area contributed by atoms with Gasteiger partial charge in [0, 0.05) is 5.56 Å². The van der Waals surface area contributed by atoms with Gasteiger partial charge in [-0.15, -0.1) is 0 Å². The van der Waals surface area contributed by atoms with E-state index in [1.807, 2.05) is 32.2 Å². The molecule has 0 bridgehead atoms. The zero-order chi connectivity index (χ0) is 15.3. The summed E-state index contributed by atoms with van der Waals surface area (Å²) < 4.78 is 0. The van der Waals surface area contributed by atoms with Crippen molar-refractivity contribution in [1.82, 2.24) is 9.80 Å². The molecule has 1 unspecified atom stereocenters. The average Bonchev–Trinajstić information content (AvgIpc) is 2.39. The van der Waals surface area contributed by atoms with Gasteiger partial charge in [0.25, 0.3) is 0 Å². The summed E-state index contributed by atoms with van der Waals surface area (Å²) in [6.45, 7) is 8.11. The van der Waals surface area contributed by atoms with Gasteiger partial charge in [-0.3, -0.25) is 9.69 Å². The Kier molecular flexibility index (Phi) is 6.37. The number of ketones is 1. The number of hydrogen-bond acceptors (Lipinski definition) is 3. The van der Waals surface area contributed by atoms with Crippen molar-refractivity contribution in [2.24, 2.45) is 0 Å².